The Bertz CT molecular complexity index is 518. The number of carbonyl (C=O) groups is 2. The first-order chi connectivity index (χ1) is 9.35. The molecule has 1 unspecified atom stereocenters. The third-order valence-corrected chi connectivity index (χ3v) is 3.03. The molecule has 0 saturated heterocycles. The van der Waals surface area contributed by atoms with Crippen molar-refractivity contribution in [1.29, 1.82) is 0 Å². The molecule has 0 aliphatic rings. The minimum Gasteiger partial charge on any atom is -0.496 e. The van der Waals surface area contributed by atoms with Gasteiger partial charge in [0.1, 0.15) is 22.7 Å². The smallest absolute Gasteiger partial charge is 0.329 e. The van der Waals surface area contributed by atoms with E-state index in [0.717, 1.165) is 6.07 Å². The largest absolute Gasteiger partial charge is 0.496 e. The fraction of sp³-hybridized carbons (Fsp3) is 0.429. The summed E-state index contributed by atoms with van der Waals surface area (Å²) < 4.78 is 18.7. The van der Waals surface area contributed by atoms with Gasteiger partial charge < -0.3 is 15.2 Å². The maximum atomic E-state index is 13.8. The highest BCUT2D eigenvalue weighted by molar-refractivity contribution is 6.00. The fourth-order valence-corrected chi connectivity index (χ4v) is 1.93. The van der Waals surface area contributed by atoms with Crippen molar-refractivity contribution in [3.05, 3.63) is 29.6 Å². The van der Waals surface area contributed by atoms with E-state index in [1.54, 1.807) is 6.92 Å². The summed E-state index contributed by atoms with van der Waals surface area (Å²) in [5, 5.41) is 11.6. The summed E-state index contributed by atoms with van der Waals surface area (Å²) in [7, 11) is 1.31. The van der Waals surface area contributed by atoms with Crippen LogP contribution in [0.2, 0.25) is 0 Å². The average molecular weight is 283 g/mol. The lowest BCUT2D eigenvalue weighted by Gasteiger charge is -2.26. The van der Waals surface area contributed by atoms with E-state index >= 15 is 0 Å². The molecule has 0 bridgehead atoms. The highest BCUT2D eigenvalue weighted by atomic mass is 19.1. The highest BCUT2D eigenvalue weighted by Gasteiger charge is 2.35. The molecule has 0 aliphatic carbocycles. The Morgan fingerprint density at radius 2 is 2.10 bits per heavy atom. The molecule has 0 heterocycles. The van der Waals surface area contributed by atoms with E-state index in [0.29, 0.717) is 6.42 Å². The Hall–Kier alpha value is -2.11. The predicted molar refractivity (Wildman–Crippen MR) is 71.4 cm³/mol. The van der Waals surface area contributed by atoms with Crippen LogP contribution in [0.4, 0.5) is 4.39 Å². The molecular weight excluding hydrogens is 265 g/mol. The molecule has 0 aromatic heterocycles. The molecule has 20 heavy (non-hydrogen) atoms. The van der Waals surface area contributed by atoms with Gasteiger partial charge in [0.05, 0.1) is 7.11 Å². The number of carbonyl (C=O) groups excluding carboxylic acids is 1. The number of halogens is 1. The fourth-order valence-electron chi connectivity index (χ4n) is 1.93. The number of benzene rings is 1. The zero-order chi connectivity index (χ0) is 15.3. The lowest BCUT2D eigenvalue weighted by atomic mass is 9.95. The van der Waals surface area contributed by atoms with Gasteiger partial charge in [0.2, 0.25) is 0 Å². The molecule has 0 saturated carbocycles. The number of aliphatic carboxylic acids is 1. The van der Waals surface area contributed by atoms with Crippen molar-refractivity contribution in [2.75, 3.05) is 7.11 Å². The highest BCUT2D eigenvalue weighted by Crippen LogP contribution is 2.22. The summed E-state index contributed by atoms with van der Waals surface area (Å²) >= 11 is 0. The maximum absolute atomic E-state index is 13.8. The molecule has 1 aromatic rings. The van der Waals surface area contributed by atoms with Crippen LogP contribution in [0.5, 0.6) is 5.75 Å². The number of hydrogen-bond acceptors (Lipinski definition) is 3. The van der Waals surface area contributed by atoms with Crippen LogP contribution in [0.1, 0.15) is 37.0 Å². The van der Waals surface area contributed by atoms with Gasteiger partial charge in [-0.15, -0.1) is 0 Å². The van der Waals surface area contributed by atoms with Gasteiger partial charge in [-0.05, 0) is 25.5 Å². The van der Waals surface area contributed by atoms with Crippen molar-refractivity contribution in [2.45, 2.75) is 32.2 Å². The quantitative estimate of drug-likeness (QED) is 0.839. The normalized spacial score (nSPS) is 13.4. The third kappa shape index (κ3) is 3.26. The van der Waals surface area contributed by atoms with Crippen molar-refractivity contribution in [2.24, 2.45) is 0 Å². The van der Waals surface area contributed by atoms with E-state index in [1.807, 2.05) is 0 Å². The molecular formula is C14H18FNO4. The van der Waals surface area contributed by atoms with Crippen LogP contribution in [0.15, 0.2) is 18.2 Å². The Kier molecular flexibility index (Phi) is 5.07. The second kappa shape index (κ2) is 6.36. The van der Waals surface area contributed by atoms with E-state index in [9.17, 15) is 19.1 Å². The standard InChI is InChI=1S/C14H18FNO4/c1-4-8-14(2,13(18)19)16-12(17)11-9(15)6-5-7-10(11)20-3/h5-7H,4,8H2,1-3H3,(H,16,17)(H,18,19). The molecule has 1 amide bonds. The SMILES string of the molecule is CCCC(C)(NC(=O)c1c(F)cccc1OC)C(=O)O. The molecule has 1 atom stereocenters. The lowest BCUT2D eigenvalue weighted by molar-refractivity contribution is -0.144. The Morgan fingerprint density at radius 1 is 1.45 bits per heavy atom. The molecule has 0 aliphatic heterocycles. The van der Waals surface area contributed by atoms with Crippen LogP contribution < -0.4 is 10.1 Å². The maximum Gasteiger partial charge on any atom is 0.329 e. The number of hydrogen-bond donors (Lipinski definition) is 2. The van der Waals surface area contributed by atoms with Crippen LogP contribution in [0.25, 0.3) is 0 Å². The first-order valence-corrected chi connectivity index (χ1v) is 6.24. The van der Waals surface area contributed by atoms with Gasteiger partial charge in [0.15, 0.2) is 0 Å². The minimum absolute atomic E-state index is 0.0618. The molecule has 0 spiro atoms. The predicted octanol–water partition coefficient (Wildman–Crippen LogP) is 2.21. The van der Waals surface area contributed by atoms with Gasteiger partial charge >= 0.3 is 5.97 Å². The number of carboxylic acids is 1. The van der Waals surface area contributed by atoms with Crippen LogP contribution in [-0.2, 0) is 4.79 Å². The number of rotatable bonds is 6. The zero-order valence-corrected chi connectivity index (χ0v) is 11.7. The molecule has 6 heteroatoms. The van der Waals surface area contributed by atoms with Crippen molar-refractivity contribution >= 4 is 11.9 Å². The number of nitrogens with one attached hydrogen (secondary N) is 1. The minimum atomic E-state index is -1.45. The number of carboxylic acid groups (broad SMARTS) is 1. The molecule has 110 valence electrons. The van der Waals surface area contributed by atoms with Crippen molar-refractivity contribution in [1.82, 2.24) is 5.32 Å². The van der Waals surface area contributed by atoms with Gasteiger partial charge in [-0.1, -0.05) is 19.4 Å². The third-order valence-electron chi connectivity index (χ3n) is 3.03. The van der Waals surface area contributed by atoms with Crippen LogP contribution in [-0.4, -0.2) is 29.6 Å². The van der Waals surface area contributed by atoms with Gasteiger partial charge in [0, 0.05) is 0 Å². The summed E-state index contributed by atoms with van der Waals surface area (Å²) in [4.78, 5) is 23.4. The van der Waals surface area contributed by atoms with E-state index in [2.05, 4.69) is 5.32 Å². The topological polar surface area (TPSA) is 75.6 Å². The number of methoxy groups -OCH3 is 1. The summed E-state index contributed by atoms with van der Waals surface area (Å²) in [5.41, 5.74) is -1.74. The Balaban J connectivity index is 3.10. The summed E-state index contributed by atoms with van der Waals surface area (Å²) in [6.07, 6.45) is 0.808. The van der Waals surface area contributed by atoms with Gasteiger partial charge in [-0.3, -0.25) is 4.79 Å². The van der Waals surface area contributed by atoms with E-state index in [1.165, 1.54) is 26.2 Å². The Morgan fingerprint density at radius 3 is 2.60 bits per heavy atom. The summed E-state index contributed by atoms with van der Waals surface area (Å²) in [6.45, 7) is 3.20. The van der Waals surface area contributed by atoms with Gasteiger partial charge in [0.25, 0.3) is 5.91 Å². The molecule has 5 nitrogen and oxygen atoms in total. The van der Waals surface area contributed by atoms with Crippen LogP contribution >= 0.6 is 0 Å². The van der Waals surface area contributed by atoms with E-state index in [4.69, 9.17) is 4.74 Å². The number of ether oxygens (including phenoxy) is 1. The lowest BCUT2D eigenvalue weighted by Crippen LogP contribution is -2.52. The van der Waals surface area contributed by atoms with E-state index in [-0.39, 0.29) is 17.7 Å². The van der Waals surface area contributed by atoms with Gasteiger partial charge in [-0.2, -0.15) is 0 Å². The molecule has 2 N–H and O–H groups in total. The molecule has 1 aromatic carbocycles. The molecule has 0 fully saturated rings. The monoisotopic (exact) mass is 283 g/mol. The summed E-state index contributed by atoms with van der Waals surface area (Å²) in [6, 6.07) is 3.97. The summed E-state index contributed by atoms with van der Waals surface area (Å²) in [5.74, 6) is -2.67. The van der Waals surface area contributed by atoms with Crippen LogP contribution in [0.3, 0.4) is 0 Å². The van der Waals surface area contributed by atoms with Crippen LogP contribution in [0, 0.1) is 5.82 Å². The Labute approximate surface area is 116 Å². The first kappa shape index (κ1) is 15.9. The van der Waals surface area contributed by atoms with Crippen molar-refractivity contribution in [3.63, 3.8) is 0 Å². The second-order valence-electron chi connectivity index (χ2n) is 4.66. The first-order valence-electron chi connectivity index (χ1n) is 6.24. The molecule has 0 radical (unpaired) electrons. The number of amides is 1. The van der Waals surface area contributed by atoms with E-state index < -0.39 is 23.2 Å². The second-order valence-corrected chi connectivity index (χ2v) is 4.66. The van der Waals surface area contributed by atoms with Crippen molar-refractivity contribution in [3.8, 4) is 5.75 Å². The van der Waals surface area contributed by atoms with Crippen molar-refractivity contribution < 1.29 is 23.8 Å². The average Bonchev–Trinajstić information content (AvgIpc) is 2.38. The molecule has 1 rings (SSSR count). The van der Waals surface area contributed by atoms with Gasteiger partial charge in [-0.25, -0.2) is 9.18 Å². The zero-order valence-electron chi connectivity index (χ0n) is 11.7.